The SMILES string of the molecule is CCC(C)=CCCC(C)=CCCC(C)=CCCC(C)=CCCC(C)=CCCC(C)=CCCC(C)=CC(=O)C1=C(C)C(=O)c2ccccc2C1=O. The first-order chi connectivity index (χ1) is 23.8. The van der Waals surface area contributed by atoms with E-state index >= 15 is 0 Å². The maximum atomic E-state index is 13.0. The van der Waals surface area contributed by atoms with E-state index in [-0.39, 0.29) is 28.5 Å². The Labute approximate surface area is 304 Å². The summed E-state index contributed by atoms with van der Waals surface area (Å²) in [5, 5.41) is 0. The van der Waals surface area contributed by atoms with Crippen LogP contribution in [0.5, 0.6) is 0 Å². The largest absolute Gasteiger partial charge is 0.289 e. The number of ketones is 3. The molecule has 1 aliphatic carbocycles. The fourth-order valence-corrected chi connectivity index (χ4v) is 6.10. The van der Waals surface area contributed by atoms with Crippen molar-refractivity contribution >= 4 is 17.3 Å². The Kier molecular flexibility index (Phi) is 19.3. The van der Waals surface area contributed by atoms with Gasteiger partial charge in [0, 0.05) is 16.7 Å². The maximum absolute atomic E-state index is 13.0. The second kappa shape index (κ2) is 22.8. The molecule has 0 spiro atoms. The minimum absolute atomic E-state index is 0.00102. The van der Waals surface area contributed by atoms with Gasteiger partial charge in [-0.3, -0.25) is 14.4 Å². The van der Waals surface area contributed by atoms with E-state index in [4.69, 9.17) is 0 Å². The molecule has 0 fully saturated rings. The first-order valence-corrected chi connectivity index (χ1v) is 18.9. The van der Waals surface area contributed by atoms with Crippen molar-refractivity contribution in [2.24, 2.45) is 0 Å². The zero-order valence-electron chi connectivity index (χ0n) is 32.8. The average molecular weight is 677 g/mol. The van der Waals surface area contributed by atoms with E-state index in [1.165, 1.54) is 45.9 Å². The summed E-state index contributed by atoms with van der Waals surface area (Å²) in [5.41, 5.74) is 10.6. The molecule has 3 heteroatoms. The third-order valence-corrected chi connectivity index (χ3v) is 9.73. The summed E-state index contributed by atoms with van der Waals surface area (Å²) in [5.74, 6) is -0.984. The van der Waals surface area contributed by atoms with Crippen molar-refractivity contribution in [2.45, 2.75) is 146 Å². The number of hydrogen-bond donors (Lipinski definition) is 0. The van der Waals surface area contributed by atoms with Gasteiger partial charge in [0.15, 0.2) is 17.3 Å². The summed E-state index contributed by atoms with van der Waals surface area (Å²) < 4.78 is 0. The van der Waals surface area contributed by atoms with Gasteiger partial charge in [0.1, 0.15) is 0 Å². The number of carbonyl (C=O) groups excluding carboxylic acids is 3. The van der Waals surface area contributed by atoms with Crippen LogP contribution >= 0.6 is 0 Å². The Morgan fingerprint density at radius 3 is 1.18 bits per heavy atom. The molecule has 270 valence electrons. The molecule has 3 nitrogen and oxygen atoms in total. The van der Waals surface area contributed by atoms with Crippen molar-refractivity contribution in [1.82, 2.24) is 0 Å². The average Bonchev–Trinajstić information content (AvgIpc) is 3.07. The number of benzene rings is 1. The molecule has 1 aromatic rings. The summed E-state index contributed by atoms with van der Waals surface area (Å²) in [6, 6.07) is 6.72. The predicted molar refractivity (Wildman–Crippen MR) is 215 cm³/mol. The van der Waals surface area contributed by atoms with Crippen molar-refractivity contribution in [3.05, 3.63) is 128 Å². The fraction of sp³-hybridized carbons (Fsp3) is 0.468. The fourth-order valence-electron chi connectivity index (χ4n) is 6.10. The van der Waals surface area contributed by atoms with Crippen molar-refractivity contribution in [1.29, 1.82) is 0 Å². The summed E-state index contributed by atoms with van der Waals surface area (Å²) in [6.07, 6.45) is 29.6. The van der Waals surface area contributed by atoms with Gasteiger partial charge in [-0.25, -0.2) is 0 Å². The monoisotopic (exact) mass is 676 g/mol. The first kappa shape index (κ1) is 42.3. The topological polar surface area (TPSA) is 51.2 Å². The van der Waals surface area contributed by atoms with Gasteiger partial charge in [0.25, 0.3) is 0 Å². The molecular formula is C47H64O3. The van der Waals surface area contributed by atoms with Crippen LogP contribution in [-0.4, -0.2) is 17.3 Å². The number of rotatable bonds is 21. The molecular weight excluding hydrogens is 613 g/mol. The summed E-state index contributed by atoms with van der Waals surface area (Å²) in [6.45, 7) is 19.1. The van der Waals surface area contributed by atoms with Crippen LogP contribution in [0.25, 0.3) is 0 Å². The Balaban J connectivity index is 1.68. The summed E-state index contributed by atoms with van der Waals surface area (Å²) in [7, 11) is 0. The van der Waals surface area contributed by atoms with Crippen LogP contribution < -0.4 is 0 Å². The van der Waals surface area contributed by atoms with Crippen LogP contribution in [0.4, 0.5) is 0 Å². The zero-order valence-corrected chi connectivity index (χ0v) is 32.8. The maximum Gasteiger partial charge on any atom is 0.198 e. The van der Waals surface area contributed by atoms with E-state index < -0.39 is 0 Å². The van der Waals surface area contributed by atoms with Crippen LogP contribution in [0.3, 0.4) is 0 Å². The number of hydrogen-bond acceptors (Lipinski definition) is 3. The number of Topliss-reactive ketones (excluding diaryl/α,β-unsaturated/α-hetero) is 2. The molecule has 0 unspecified atom stereocenters. The molecule has 0 bridgehead atoms. The summed E-state index contributed by atoms with van der Waals surface area (Å²) in [4.78, 5) is 38.8. The molecule has 0 N–H and O–H groups in total. The number of fused-ring (bicyclic) bond motifs is 1. The molecule has 1 aliphatic rings. The van der Waals surface area contributed by atoms with Crippen LogP contribution in [0.15, 0.2) is 117 Å². The minimum Gasteiger partial charge on any atom is -0.289 e. The second-order valence-electron chi connectivity index (χ2n) is 14.4. The molecule has 0 heterocycles. The molecule has 1 aromatic carbocycles. The molecule has 2 rings (SSSR count). The smallest absolute Gasteiger partial charge is 0.198 e. The van der Waals surface area contributed by atoms with Crippen LogP contribution in [0.2, 0.25) is 0 Å². The quantitative estimate of drug-likeness (QED) is 0.0740. The summed E-state index contributed by atoms with van der Waals surface area (Å²) >= 11 is 0. The van der Waals surface area contributed by atoms with E-state index in [9.17, 15) is 14.4 Å². The van der Waals surface area contributed by atoms with Gasteiger partial charge in [-0.1, -0.05) is 107 Å². The highest BCUT2D eigenvalue weighted by molar-refractivity contribution is 6.38. The van der Waals surface area contributed by atoms with Gasteiger partial charge in [-0.15, -0.1) is 0 Å². The number of carbonyl (C=O) groups is 3. The Morgan fingerprint density at radius 2 is 0.820 bits per heavy atom. The van der Waals surface area contributed by atoms with Gasteiger partial charge in [-0.05, 0) is 145 Å². The third kappa shape index (κ3) is 15.4. The van der Waals surface area contributed by atoms with E-state index in [0.717, 1.165) is 82.6 Å². The van der Waals surface area contributed by atoms with Crippen molar-refractivity contribution in [3.8, 4) is 0 Å². The molecule has 0 radical (unpaired) electrons. The Hall–Kier alpha value is -3.85. The van der Waals surface area contributed by atoms with E-state index in [1.54, 1.807) is 31.2 Å². The Morgan fingerprint density at radius 1 is 0.500 bits per heavy atom. The highest BCUT2D eigenvalue weighted by Gasteiger charge is 2.32. The van der Waals surface area contributed by atoms with Crippen molar-refractivity contribution in [2.75, 3.05) is 0 Å². The standard InChI is InChI=1S/C47H64O3/c1-10-34(2)19-13-20-35(3)21-14-22-36(4)23-15-24-37(5)25-16-26-38(6)27-17-28-39(7)29-18-30-40(8)33-44(48)45-41(9)46(49)42-31-11-12-32-43(42)47(45)50/h11-12,19,21,23,25,27,29,31-33H,10,13-18,20,22,24,26,28,30H2,1-9H3. The van der Waals surface area contributed by atoms with Gasteiger partial charge in [0.2, 0.25) is 0 Å². The van der Waals surface area contributed by atoms with E-state index in [1.807, 2.05) is 6.92 Å². The molecule has 0 saturated heterocycles. The van der Waals surface area contributed by atoms with Crippen LogP contribution in [0, 0.1) is 0 Å². The lowest BCUT2D eigenvalue weighted by Gasteiger charge is -2.17. The lowest BCUT2D eigenvalue weighted by Crippen LogP contribution is -2.24. The van der Waals surface area contributed by atoms with Crippen LogP contribution in [0.1, 0.15) is 167 Å². The molecule has 0 aromatic heterocycles. The predicted octanol–water partition coefficient (Wildman–Crippen LogP) is 13.7. The molecule has 0 atom stereocenters. The van der Waals surface area contributed by atoms with Gasteiger partial charge >= 0.3 is 0 Å². The first-order valence-electron chi connectivity index (χ1n) is 18.9. The third-order valence-electron chi connectivity index (χ3n) is 9.73. The molecule has 50 heavy (non-hydrogen) atoms. The van der Waals surface area contributed by atoms with E-state index in [2.05, 4.69) is 84.9 Å². The van der Waals surface area contributed by atoms with Crippen LogP contribution in [-0.2, 0) is 4.79 Å². The molecule has 0 aliphatic heterocycles. The molecule has 0 saturated carbocycles. The highest BCUT2D eigenvalue weighted by atomic mass is 16.2. The number of allylic oxidation sites excluding steroid dienone is 16. The Bertz CT molecular complexity index is 1590. The normalized spacial score (nSPS) is 15.7. The minimum atomic E-state index is -0.378. The lowest BCUT2D eigenvalue weighted by molar-refractivity contribution is -0.111. The van der Waals surface area contributed by atoms with Gasteiger partial charge < -0.3 is 0 Å². The van der Waals surface area contributed by atoms with Crippen molar-refractivity contribution < 1.29 is 14.4 Å². The zero-order chi connectivity index (χ0) is 37.1. The molecule has 0 amide bonds. The van der Waals surface area contributed by atoms with Gasteiger partial charge in [-0.2, -0.15) is 0 Å². The van der Waals surface area contributed by atoms with E-state index in [0.29, 0.717) is 11.1 Å². The lowest BCUT2D eigenvalue weighted by atomic mass is 9.82. The van der Waals surface area contributed by atoms with Crippen molar-refractivity contribution in [3.63, 3.8) is 0 Å². The van der Waals surface area contributed by atoms with Gasteiger partial charge in [0.05, 0.1) is 5.57 Å². The second-order valence-corrected chi connectivity index (χ2v) is 14.4. The highest BCUT2D eigenvalue weighted by Crippen LogP contribution is 2.27.